The highest BCUT2D eigenvalue weighted by molar-refractivity contribution is 7.87. The number of aromatic nitrogens is 1. The van der Waals surface area contributed by atoms with Gasteiger partial charge in [0, 0.05) is 18.1 Å². The molecule has 3 aromatic carbocycles. The number of hydrogen-bond donors (Lipinski definition) is 0. The second kappa shape index (κ2) is 12.9. The summed E-state index contributed by atoms with van der Waals surface area (Å²) in [6.07, 6.45) is 1.65. The van der Waals surface area contributed by atoms with Crippen molar-refractivity contribution in [3.8, 4) is 28.5 Å². The van der Waals surface area contributed by atoms with E-state index in [1.807, 2.05) is 42.6 Å². The van der Waals surface area contributed by atoms with Crippen molar-refractivity contribution in [3.05, 3.63) is 87.5 Å². The van der Waals surface area contributed by atoms with Crippen LogP contribution >= 0.6 is 11.3 Å². The van der Waals surface area contributed by atoms with Gasteiger partial charge >= 0.3 is 10.1 Å². The van der Waals surface area contributed by atoms with Crippen molar-refractivity contribution >= 4 is 27.7 Å². The Morgan fingerprint density at radius 3 is 2.40 bits per heavy atom. The first-order chi connectivity index (χ1) is 19.2. The Kier molecular flexibility index (Phi) is 9.41. The molecule has 0 unspecified atom stereocenters. The lowest BCUT2D eigenvalue weighted by atomic mass is 10.2. The summed E-state index contributed by atoms with van der Waals surface area (Å²) in [6, 6.07) is 17.8. The maximum atomic E-state index is 13.0. The molecule has 4 rings (SSSR count). The maximum Gasteiger partial charge on any atom is 0.339 e. The van der Waals surface area contributed by atoms with E-state index in [0.29, 0.717) is 29.1 Å². The van der Waals surface area contributed by atoms with Gasteiger partial charge in [-0.3, -0.25) is 4.99 Å². The number of thiazole rings is 1. The van der Waals surface area contributed by atoms with Crippen LogP contribution in [-0.4, -0.2) is 53.8 Å². The van der Waals surface area contributed by atoms with Gasteiger partial charge in [-0.1, -0.05) is 12.1 Å². The lowest BCUT2D eigenvalue weighted by molar-refractivity contribution is 0.207. The topological polar surface area (TPSA) is 101 Å². The molecular formula is C29H31N3O6S2. The number of hydrogen-bond acceptors (Lipinski definition) is 9. The summed E-state index contributed by atoms with van der Waals surface area (Å²) in [4.78, 5) is 5.44. The van der Waals surface area contributed by atoms with Gasteiger partial charge in [0.15, 0.2) is 11.5 Å². The maximum absolute atomic E-state index is 13.0. The largest absolute Gasteiger partial charge is 0.497 e. The molecule has 0 saturated heterocycles. The van der Waals surface area contributed by atoms with Gasteiger partial charge < -0.3 is 18.4 Å². The van der Waals surface area contributed by atoms with E-state index >= 15 is 0 Å². The molecular weight excluding hydrogens is 550 g/mol. The standard InChI is InChI=1S/C29H31N3O6S2/c1-20-6-7-21(2)28(16-20)40(33,34)38-26-13-8-22(17-27(26)37-5)18-31-32-25(19-39-29(32)30-14-15-35-3)23-9-11-24(36-4)12-10-23/h6-13,16-19H,14-15H2,1-5H3/b30-29?,31-18-. The fraction of sp³-hybridized carbons (Fsp3) is 0.241. The molecule has 4 aromatic rings. The molecule has 0 spiro atoms. The Hall–Kier alpha value is -3.93. The highest BCUT2D eigenvalue weighted by Crippen LogP contribution is 2.31. The van der Waals surface area contributed by atoms with Crippen LogP contribution in [0.1, 0.15) is 16.7 Å². The molecule has 210 valence electrons. The first kappa shape index (κ1) is 29.1. The zero-order valence-electron chi connectivity index (χ0n) is 23.0. The molecule has 0 amide bonds. The SMILES string of the molecule is COCCN=c1scc(-c2ccc(OC)cc2)n1/N=C\c1ccc(OS(=O)(=O)c2cc(C)ccc2C)c(OC)c1. The molecule has 1 aromatic heterocycles. The third-order valence-corrected chi connectivity index (χ3v) is 8.17. The quantitative estimate of drug-likeness (QED) is 0.140. The van der Waals surface area contributed by atoms with Gasteiger partial charge in [-0.25, -0.2) is 4.68 Å². The lowest BCUT2D eigenvalue weighted by Crippen LogP contribution is -2.14. The van der Waals surface area contributed by atoms with E-state index in [2.05, 4.69) is 4.99 Å². The Bertz CT molecular complexity index is 1670. The number of methoxy groups -OCH3 is 3. The predicted octanol–water partition coefficient (Wildman–Crippen LogP) is 5.05. The minimum Gasteiger partial charge on any atom is -0.497 e. The van der Waals surface area contributed by atoms with E-state index in [0.717, 1.165) is 22.6 Å². The van der Waals surface area contributed by atoms with E-state index < -0.39 is 10.1 Å². The number of rotatable bonds is 11. The summed E-state index contributed by atoms with van der Waals surface area (Å²) in [5.74, 6) is 1.10. The Labute approximate surface area is 238 Å². The number of nitrogens with zero attached hydrogens (tertiary/aromatic N) is 3. The van der Waals surface area contributed by atoms with Crippen LogP contribution in [0.2, 0.25) is 0 Å². The van der Waals surface area contributed by atoms with Crippen LogP contribution in [0.4, 0.5) is 0 Å². The Morgan fingerprint density at radius 2 is 1.70 bits per heavy atom. The Balaban J connectivity index is 1.67. The zero-order chi connectivity index (χ0) is 28.7. The molecule has 0 N–H and O–H groups in total. The van der Waals surface area contributed by atoms with Crippen LogP contribution in [0.5, 0.6) is 17.2 Å². The molecule has 0 fully saturated rings. The smallest absolute Gasteiger partial charge is 0.339 e. The molecule has 0 bridgehead atoms. The van der Waals surface area contributed by atoms with E-state index in [-0.39, 0.29) is 16.4 Å². The van der Waals surface area contributed by atoms with E-state index in [1.165, 1.54) is 18.4 Å². The average Bonchev–Trinajstić information content (AvgIpc) is 3.36. The molecule has 0 saturated carbocycles. The van der Waals surface area contributed by atoms with Crippen LogP contribution < -0.4 is 18.5 Å². The fourth-order valence-corrected chi connectivity index (χ4v) is 5.93. The van der Waals surface area contributed by atoms with E-state index in [1.54, 1.807) is 62.4 Å². The third-order valence-electron chi connectivity index (χ3n) is 5.94. The van der Waals surface area contributed by atoms with Gasteiger partial charge in [-0.05, 0) is 79.1 Å². The lowest BCUT2D eigenvalue weighted by Gasteiger charge is -2.13. The predicted molar refractivity (Wildman–Crippen MR) is 156 cm³/mol. The number of ether oxygens (including phenoxy) is 3. The van der Waals surface area contributed by atoms with Gasteiger partial charge in [0.1, 0.15) is 10.6 Å². The first-order valence-electron chi connectivity index (χ1n) is 12.3. The highest BCUT2D eigenvalue weighted by Gasteiger charge is 2.21. The monoisotopic (exact) mass is 581 g/mol. The molecule has 1 heterocycles. The fourth-order valence-electron chi connectivity index (χ4n) is 3.81. The molecule has 9 nitrogen and oxygen atoms in total. The normalized spacial score (nSPS) is 12.2. The van der Waals surface area contributed by atoms with Crippen LogP contribution in [-0.2, 0) is 14.9 Å². The molecule has 11 heteroatoms. The molecule has 0 atom stereocenters. The summed E-state index contributed by atoms with van der Waals surface area (Å²) >= 11 is 1.47. The molecule has 40 heavy (non-hydrogen) atoms. The highest BCUT2D eigenvalue weighted by atomic mass is 32.2. The van der Waals surface area contributed by atoms with Crippen molar-refractivity contribution in [3.63, 3.8) is 0 Å². The second-order valence-corrected chi connectivity index (χ2v) is 11.1. The summed E-state index contributed by atoms with van der Waals surface area (Å²) in [6.45, 7) is 4.53. The van der Waals surface area contributed by atoms with Crippen LogP contribution in [0.3, 0.4) is 0 Å². The average molecular weight is 582 g/mol. The van der Waals surface area contributed by atoms with Gasteiger partial charge in [-0.2, -0.15) is 13.5 Å². The van der Waals surface area contributed by atoms with E-state index in [4.69, 9.17) is 23.5 Å². The van der Waals surface area contributed by atoms with Crippen LogP contribution in [0, 0.1) is 13.8 Å². The first-order valence-corrected chi connectivity index (χ1v) is 14.6. The number of aryl methyl sites for hydroxylation is 2. The summed E-state index contributed by atoms with van der Waals surface area (Å²) < 4.78 is 49.2. The summed E-state index contributed by atoms with van der Waals surface area (Å²) in [5.41, 5.74) is 3.89. The Morgan fingerprint density at radius 1 is 0.925 bits per heavy atom. The molecule has 0 aliphatic carbocycles. The van der Waals surface area contributed by atoms with Crippen LogP contribution in [0.25, 0.3) is 11.3 Å². The van der Waals surface area contributed by atoms with Gasteiger partial charge in [0.25, 0.3) is 0 Å². The van der Waals surface area contributed by atoms with Gasteiger partial charge in [0.05, 0.1) is 39.3 Å². The van der Waals surface area contributed by atoms with Gasteiger partial charge in [-0.15, -0.1) is 11.3 Å². The zero-order valence-corrected chi connectivity index (χ0v) is 24.6. The second-order valence-electron chi connectivity index (χ2n) is 8.78. The van der Waals surface area contributed by atoms with Crippen LogP contribution in [0.15, 0.2) is 81.0 Å². The van der Waals surface area contributed by atoms with E-state index in [9.17, 15) is 8.42 Å². The third kappa shape index (κ3) is 6.79. The minimum absolute atomic E-state index is 0.0814. The van der Waals surface area contributed by atoms with Crippen molar-refractivity contribution in [1.29, 1.82) is 0 Å². The van der Waals surface area contributed by atoms with Crippen molar-refractivity contribution in [2.45, 2.75) is 18.7 Å². The van der Waals surface area contributed by atoms with Gasteiger partial charge in [0.2, 0.25) is 4.80 Å². The number of benzene rings is 3. The summed E-state index contributed by atoms with van der Waals surface area (Å²) in [5, 5.41) is 6.69. The van der Waals surface area contributed by atoms with Crippen molar-refractivity contribution < 1.29 is 26.8 Å². The van der Waals surface area contributed by atoms with Crippen molar-refractivity contribution in [2.24, 2.45) is 10.1 Å². The molecule has 0 aliphatic rings. The van der Waals surface area contributed by atoms with Crippen molar-refractivity contribution in [1.82, 2.24) is 4.68 Å². The minimum atomic E-state index is -4.07. The summed E-state index contributed by atoms with van der Waals surface area (Å²) in [7, 11) is 0.646. The molecule has 0 aliphatic heterocycles. The van der Waals surface area contributed by atoms with Crippen molar-refractivity contribution in [2.75, 3.05) is 34.5 Å². The molecule has 0 radical (unpaired) electrons.